The highest BCUT2D eigenvalue weighted by Gasteiger charge is 2.34. The van der Waals surface area contributed by atoms with Gasteiger partial charge < -0.3 is 5.32 Å². The SMILES string of the molecule is CCS(=O)(=O)NC(CCSC)C(=O)NCCN1C(=O)S/C(=C/c2ccc(C)cc2)C1=O. The van der Waals surface area contributed by atoms with Crippen molar-refractivity contribution < 1.29 is 22.8 Å². The van der Waals surface area contributed by atoms with Gasteiger partial charge in [0, 0.05) is 13.1 Å². The molecule has 0 aliphatic carbocycles. The lowest BCUT2D eigenvalue weighted by atomic mass is 10.1. The average molecular weight is 486 g/mol. The van der Waals surface area contributed by atoms with Crippen molar-refractivity contribution in [3.63, 3.8) is 0 Å². The molecule has 170 valence electrons. The van der Waals surface area contributed by atoms with Gasteiger partial charge in [-0.2, -0.15) is 11.8 Å². The normalized spacial score (nSPS) is 16.7. The molecule has 1 aromatic carbocycles. The molecule has 1 saturated heterocycles. The number of hydrogen-bond donors (Lipinski definition) is 2. The van der Waals surface area contributed by atoms with E-state index in [1.54, 1.807) is 6.08 Å². The van der Waals surface area contributed by atoms with E-state index in [1.165, 1.54) is 18.7 Å². The van der Waals surface area contributed by atoms with E-state index in [-0.39, 0.29) is 18.8 Å². The summed E-state index contributed by atoms with van der Waals surface area (Å²) in [6, 6.07) is 6.69. The topological polar surface area (TPSA) is 113 Å². The first-order valence-electron chi connectivity index (χ1n) is 9.75. The van der Waals surface area contributed by atoms with Crippen LogP contribution in [0, 0.1) is 6.92 Å². The molecule has 1 aromatic rings. The zero-order chi connectivity index (χ0) is 23.0. The predicted molar refractivity (Wildman–Crippen MR) is 126 cm³/mol. The summed E-state index contributed by atoms with van der Waals surface area (Å²) in [5, 5.41) is 2.23. The molecule has 0 bridgehead atoms. The van der Waals surface area contributed by atoms with Gasteiger partial charge in [0.2, 0.25) is 15.9 Å². The number of rotatable bonds is 11. The van der Waals surface area contributed by atoms with Gasteiger partial charge in [0.15, 0.2) is 0 Å². The minimum atomic E-state index is -3.54. The van der Waals surface area contributed by atoms with Crippen LogP contribution in [0.3, 0.4) is 0 Å². The summed E-state index contributed by atoms with van der Waals surface area (Å²) in [5.74, 6) is -0.402. The number of nitrogens with zero attached hydrogens (tertiary/aromatic N) is 1. The van der Waals surface area contributed by atoms with E-state index in [4.69, 9.17) is 0 Å². The molecule has 1 fully saturated rings. The first-order chi connectivity index (χ1) is 14.7. The Kier molecular flexibility index (Phi) is 9.60. The highest BCUT2D eigenvalue weighted by atomic mass is 32.2. The van der Waals surface area contributed by atoms with Crippen molar-refractivity contribution in [3.05, 3.63) is 40.3 Å². The van der Waals surface area contributed by atoms with E-state index in [0.29, 0.717) is 17.1 Å². The standard InChI is InChI=1S/C20H27N3O5S3/c1-4-31(27,28)22-16(9-12-29-3)18(24)21-10-11-23-19(25)17(30-20(23)26)13-15-7-5-14(2)6-8-15/h5-8,13,16,22H,4,9-12H2,1-3H3,(H,21,24)/b17-13+. The Morgan fingerprint density at radius 2 is 1.94 bits per heavy atom. The third-order valence-electron chi connectivity index (χ3n) is 4.51. The molecule has 1 heterocycles. The van der Waals surface area contributed by atoms with Crippen molar-refractivity contribution in [2.75, 3.05) is 30.9 Å². The summed E-state index contributed by atoms with van der Waals surface area (Å²) in [6.45, 7) is 3.51. The maximum Gasteiger partial charge on any atom is 0.293 e. The minimum Gasteiger partial charge on any atom is -0.353 e. The molecular formula is C20H27N3O5S3. The summed E-state index contributed by atoms with van der Waals surface area (Å²) < 4.78 is 26.1. The van der Waals surface area contributed by atoms with Gasteiger partial charge in [-0.25, -0.2) is 13.1 Å². The second-order valence-corrected chi connectivity index (χ2v) is 10.9. The fourth-order valence-electron chi connectivity index (χ4n) is 2.70. The molecule has 1 aliphatic heterocycles. The van der Waals surface area contributed by atoms with Crippen LogP contribution in [0.5, 0.6) is 0 Å². The second kappa shape index (κ2) is 11.7. The Bertz CT molecular complexity index is 945. The van der Waals surface area contributed by atoms with Crippen LogP contribution in [-0.2, 0) is 19.6 Å². The van der Waals surface area contributed by atoms with E-state index in [0.717, 1.165) is 27.8 Å². The lowest BCUT2D eigenvalue weighted by Gasteiger charge is -2.19. The maximum atomic E-state index is 12.6. The Morgan fingerprint density at radius 1 is 1.26 bits per heavy atom. The monoisotopic (exact) mass is 485 g/mol. The van der Waals surface area contributed by atoms with Crippen LogP contribution in [0.4, 0.5) is 4.79 Å². The largest absolute Gasteiger partial charge is 0.353 e. The fraction of sp³-hybridized carbons (Fsp3) is 0.450. The van der Waals surface area contributed by atoms with Gasteiger partial charge in [0.25, 0.3) is 11.1 Å². The number of hydrogen-bond acceptors (Lipinski definition) is 7. The Labute approximate surface area is 191 Å². The van der Waals surface area contributed by atoms with Crippen LogP contribution < -0.4 is 10.0 Å². The summed E-state index contributed by atoms with van der Waals surface area (Å²) in [7, 11) is -3.54. The highest BCUT2D eigenvalue weighted by Crippen LogP contribution is 2.31. The van der Waals surface area contributed by atoms with Crippen molar-refractivity contribution in [2.24, 2.45) is 0 Å². The van der Waals surface area contributed by atoms with Crippen molar-refractivity contribution in [2.45, 2.75) is 26.3 Å². The van der Waals surface area contributed by atoms with Crippen LogP contribution >= 0.6 is 23.5 Å². The van der Waals surface area contributed by atoms with Gasteiger partial charge in [-0.3, -0.25) is 19.3 Å². The zero-order valence-electron chi connectivity index (χ0n) is 17.7. The van der Waals surface area contributed by atoms with Crippen LogP contribution in [-0.4, -0.2) is 67.3 Å². The molecule has 0 spiro atoms. The van der Waals surface area contributed by atoms with Gasteiger partial charge in [-0.1, -0.05) is 29.8 Å². The van der Waals surface area contributed by atoms with Crippen LogP contribution in [0.15, 0.2) is 29.2 Å². The van der Waals surface area contributed by atoms with Crippen molar-refractivity contribution in [3.8, 4) is 0 Å². The second-order valence-electron chi connectivity index (χ2n) is 6.89. The molecule has 0 saturated carbocycles. The summed E-state index contributed by atoms with van der Waals surface area (Å²) in [5.41, 5.74) is 1.92. The number of nitrogens with one attached hydrogen (secondary N) is 2. The first kappa shape index (κ1) is 25.4. The van der Waals surface area contributed by atoms with Gasteiger partial charge in [0.1, 0.15) is 6.04 Å². The number of benzene rings is 1. The molecule has 8 nitrogen and oxygen atoms in total. The molecule has 0 radical (unpaired) electrons. The van der Waals surface area contributed by atoms with E-state index < -0.39 is 33.1 Å². The highest BCUT2D eigenvalue weighted by molar-refractivity contribution is 8.18. The number of amides is 3. The molecule has 2 N–H and O–H groups in total. The first-order valence-corrected chi connectivity index (χ1v) is 13.6. The van der Waals surface area contributed by atoms with Crippen LogP contribution in [0.1, 0.15) is 24.5 Å². The van der Waals surface area contributed by atoms with Gasteiger partial charge in [0.05, 0.1) is 10.7 Å². The summed E-state index contributed by atoms with van der Waals surface area (Å²) in [4.78, 5) is 38.7. The number of thioether (sulfide) groups is 2. The Morgan fingerprint density at radius 3 is 2.55 bits per heavy atom. The molecule has 1 aliphatic rings. The van der Waals surface area contributed by atoms with E-state index in [9.17, 15) is 22.8 Å². The minimum absolute atomic E-state index is 0.0113. The fourth-order valence-corrected chi connectivity index (χ4v) is 4.86. The molecular weight excluding hydrogens is 458 g/mol. The van der Waals surface area contributed by atoms with Crippen LogP contribution in [0.2, 0.25) is 0 Å². The Balaban J connectivity index is 1.95. The maximum absolute atomic E-state index is 12.6. The van der Waals surface area contributed by atoms with E-state index >= 15 is 0 Å². The number of carbonyl (C=O) groups is 3. The number of carbonyl (C=O) groups excluding carboxylic acids is 3. The molecule has 2 rings (SSSR count). The molecule has 3 amide bonds. The lowest BCUT2D eigenvalue weighted by Crippen LogP contribution is -2.49. The quantitative estimate of drug-likeness (QED) is 0.462. The number of imide groups is 1. The third kappa shape index (κ3) is 7.67. The molecule has 1 unspecified atom stereocenters. The average Bonchev–Trinajstić information content (AvgIpc) is 2.99. The molecule has 0 aromatic heterocycles. The molecule has 1 atom stereocenters. The van der Waals surface area contributed by atoms with Gasteiger partial charge >= 0.3 is 0 Å². The molecule has 11 heteroatoms. The van der Waals surface area contributed by atoms with Crippen molar-refractivity contribution in [1.82, 2.24) is 14.9 Å². The summed E-state index contributed by atoms with van der Waals surface area (Å²) >= 11 is 2.37. The Hall–Kier alpha value is -1.82. The third-order valence-corrected chi connectivity index (χ3v) is 7.47. The molecule has 31 heavy (non-hydrogen) atoms. The lowest BCUT2D eigenvalue weighted by molar-refractivity contribution is -0.125. The predicted octanol–water partition coefficient (Wildman–Crippen LogP) is 2.21. The number of sulfonamides is 1. The van der Waals surface area contributed by atoms with Gasteiger partial charge in [-0.15, -0.1) is 0 Å². The van der Waals surface area contributed by atoms with Crippen LogP contribution in [0.25, 0.3) is 6.08 Å². The van der Waals surface area contributed by atoms with E-state index in [1.807, 2.05) is 37.4 Å². The van der Waals surface area contributed by atoms with Crippen molar-refractivity contribution >= 4 is 56.7 Å². The van der Waals surface area contributed by atoms with Crippen molar-refractivity contribution in [1.29, 1.82) is 0 Å². The smallest absolute Gasteiger partial charge is 0.293 e. The zero-order valence-corrected chi connectivity index (χ0v) is 20.2. The number of aryl methyl sites for hydroxylation is 1. The summed E-state index contributed by atoms with van der Waals surface area (Å²) in [6.07, 6.45) is 3.88. The van der Waals surface area contributed by atoms with Gasteiger partial charge in [-0.05, 0) is 55.7 Å². The van der Waals surface area contributed by atoms with E-state index in [2.05, 4.69) is 10.0 Å².